The Kier molecular flexibility index (Phi) is 7.72. The van der Waals surface area contributed by atoms with Crippen LogP contribution in [0.1, 0.15) is 23.2 Å². The lowest BCUT2D eigenvalue weighted by Gasteiger charge is -2.32. The average molecular weight is 419 g/mol. The van der Waals surface area contributed by atoms with E-state index in [1.807, 2.05) is 0 Å². The number of benzene rings is 1. The highest BCUT2D eigenvalue weighted by atomic mass is 35.5. The molecule has 1 aromatic carbocycles. The Balaban J connectivity index is 1.78. The minimum absolute atomic E-state index is 0.242. The maximum absolute atomic E-state index is 12.5. The normalized spacial score (nSPS) is 16.3. The van der Waals surface area contributed by atoms with Gasteiger partial charge in [-0.3, -0.25) is 4.79 Å². The summed E-state index contributed by atoms with van der Waals surface area (Å²) in [4.78, 5) is 14.7. The minimum Gasteiger partial charge on any atom is -0.496 e. The van der Waals surface area contributed by atoms with E-state index in [1.165, 1.54) is 13.2 Å². The number of nitrogens with zero attached hydrogens (tertiary/aromatic N) is 1. The summed E-state index contributed by atoms with van der Waals surface area (Å²) in [6.07, 6.45) is 3.04. The zero-order valence-corrected chi connectivity index (χ0v) is 17.2. The number of nitrogens with one attached hydrogen (secondary N) is 2. The molecule has 152 valence electrons. The Morgan fingerprint density at radius 1 is 1.37 bits per heavy atom. The second kappa shape index (κ2) is 9.59. The maximum atomic E-state index is 12.5. The zero-order chi connectivity index (χ0) is 20.0. The van der Waals surface area contributed by atoms with Crippen molar-refractivity contribution in [3.63, 3.8) is 0 Å². The van der Waals surface area contributed by atoms with E-state index in [-0.39, 0.29) is 5.91 Å². The molecule has 1 aliphatic heterocycles. The molecule has 8 nitrogen and oxygen atoms in total. The van der Waals surface area contributed by atoms with Crippen LogP contribution >= 0.6 is 11.6 Å². The molecular formula is C17H27ClN4O4S. The monoisotopic (exact) mass is 418 g/mol. The molecule has 1 fully saturated rings. The van der Waals surface area contributed by atoms with E-state index < -0.39 is 10.0 Å². The topological polar surface area (TPSA) is 114 Å². The first-order valence-corrected chi connectivity index (χ1v) is 11.0. The molecule has 2 rings (SSSR count). The second-order valence-corrected chi connectivity index (χ2v) is 8.98. The predicted octanol–water partition coefficient (Wildman–Crippen LogP) is 0.922. The largest absolute Gasteiger partial charge is 0.496 e. The fraction of sp³-hybridized carbons (Fsp3) is 0.588. The van der Waals surface area contributed by atoms with Crippen LogP contribution in [0.25, 0.3) is 0 Å². The van der Waals surface area contributed by atoms with Gasteiger partial charge in [-0.2, -0.15) is 0 Å². The van der Waals surface area contributed by atoms with Crippen LogP contribution in [0.15, 0.2) is 12.1 Å². The number of anilines is 1. The van der Waals surface area contributed by atoms with E-state index in [4.69, 9.17) is 22.1 Å². The molecule has 1 saturated heterocycles. The number of hydrogen-bond donors (Lipinski definition) is 3. The van der Waals surface area contributed by atoms with Gasteiger partial charge in [-0.15, -0.1) is 0 Å². The van der Waals surface area contributed by atoms with Gasteiger partial charge in [-0.25, -0.2) is 13.1 Å². The smallest absolute Gasteiger partial charge is 0.255 e. The molecule has 4 N–H and O–H groups in total. The fourth-order valence-electron chi connectivity index (χ4n) is 3.05. The number of amides is 1. The quantitative estimate of drug-likeness (QED) is 0.541. The third-order valence-corrected chi connectivity index (χ3v) is 5.67. The van der Waals surface area contributed by atoms with Crippen molar-refractivity contribution in [2.75, 3.05) is 51.8 Å². The predicted molar refractivity (Wildman–Crippen MR) is 107 cm³/mol. The zero-order valence-electron chi connectivity index (χ0n) is 15.6. The lowest BCUT2D eigenvalue weighted by Crippen LogP contribution is -2.41. The molecule has 0 spiro atoms. The second-order valence-electron chi connectivity index (χ2n) is 6.74. The van der Waals surface area contributed by atoms with Crippen molar-refractivity contribution in [1.29, 1.82) is 0 Å². The van der Waals surface area contributed by atoms with Crippen molar-refractivity contribution >= 4 is 33.2 Å². The summed E-state index contributed by atoms with van der Waals surface area (Å²) >= 11 is 6.01. The van der Waals surface area contributed by atoms with Gasteiger partial charge in [0.2, 0.25) is 10.0 Å². The van der Waals surface area contributed by atoms with E-state index in [9.17, 15) is 13.2 Å². The number of likely N-dealkylation sites (tertiary alicyclic amines) is 1. The van der Waals surface area contributed by atoms with Crippen molar-refractivity contribution in [3.8, 4) is 5.75 Å². The number of hydrogen-bond acceptors (Lipinski definition) is 6. The maximum Gasteiger partial charge on any atom is 0.255 e. The summed E-state index contributed by atoms with van der Waals surface area (Å²) in [5.74, 6) is 0.527. The van der Waals surface area contributed by atoms with Crippen LogP contribution in [0.3, 0.4) is 0 Å². The highest BCUT2D eigenvalue weighted by Crippen LogP contribution is 2.28. The van der Waals surface area contributed by atoms with Crippen LogP contribution in [-0.4, -0.2) is 65.3 Å². The molecule has 0 aromatic heterocycles. The van der Waals surface area contributed by atoms with Gasteiger partial charge in [0.15, 0.2) is 0 Å². The van der Waals surface area contributed by atoms with Gasteiger partial charge in [-0.05, 0) is 37.9 Å². The van der Waals surface area contributed by atoms with Crippen LogP contribution in [0, 0.1) is 5.92 Å². The van der Waals surface area contributed by atoms with Gasteiger partial charge in [0.1, 0.15) is 5.75 Å². The number of rotatable bonds is 8. The summed E-state index contributed by atoms with van der Waals surface area (Å²) in [7, 11) is -1.66. The first-order chi connectivity index (χ1) is 12.7. The third-order valence-electron chi connectivity index (χ3n) is 4.61. The molecule has 27 heavy (non-hydrogen) atoms. The number of nitrogens with two attached hydrogens (primary N) is 1. The van der Waals surface area contributed by atoms with Crippen molar-refractivity contribution in [1.82, 2.24) is 14.9 Å². The molecule has 1 heterocycles. The average Bonchev–Trinajstić information content (AvgIpc) is 2.61. The number of nitrogen functional groups attached to an aromatic ring is 1. The number of methoxy groups -OCH3 is 1. The van der Waals surface area contributed by atoms with Crippen molar-refractivity contribution < 1.29 is 17.9 Å². The fourth-order valence-corrected chi connectivity index (χ4v) is 3.68. The number of carbonyl (C=O) groups excluding carboxylic acids is 1. The van der Waals surface area contributed by atoms with Crippen molar-refractivity contribution in [2.24, 2.45) is 5.92 Å². The standard InChI is InChI=1S/C17H27ClN4O4S/c1-26-16-10-15(19)14(18)9-13(16)17(23)20-11-12-3-6-22(7-4-12)8-5-21-27(2,24)25/h9-10,12,21H,3-8,11,19H2,1-2H3,(H,20,23). The van der Waals surface area contributed by atoms with Gasteiger partial charge in [-0.1, -0.05) is 11.6 Å². The molecule has 0 radical (unpaired) electrons. The lowest BCUT2D eigenvalue weighted by molar-refractivity contribution is 0.0933. The molecule has 1 amide bonds. The SMILES string of the molecule is COc1cc(N)c(Cl)cc1C(=O)NCC1CCN(CCNS(C)(=O)=O)CC1. The molecule has 1 aliphatic rings. The van der Waals surface area contributed by atoms with Gasteiger partial charge in [0.05, 0.1) is 29.6 Å². The van der Waals surface area contributed by atoms with Gasteiger partial charge in [0.25, 0.3) is 5.91 Å². The highest BCUT2D eigenvalue weighted by molar-refractivity contribution is 7.88. The molecule has 1 aromatic rings. The number of ether oxygens (including phenoxy) is 1. The first-order valence-electron chi connectivity index (χ1n) is 8.78. The summed E-state index contributed by atoms with van der Waals surface area (Å²) in [5, 5.41) is 3.26. The van der Waals surface area contributed by atoms with Crippen molar-refractivity contribution in [2.45, 2.75) is 12.8 Å². The molecule has 0 saturated carbocycles. The van der Waals surface area contributed by atoms with Crippen LogP contribution in [0.5, 0.6) is 5.75 Å². The van der Waals surface area contributed by atoms with Gasteiger partial charge < -0.3 is 20.7 Å². The summed E-state index contributed by atoms with van der Waals surface area (Å²) in [5.41, 5.74) is 6.47. The van der Waals surface area contributed by atoms with E-state index >= 15 is 0 Å². The molecule has 0 atom stereocenters. The number of halogens is 1. The van der Waals surface area contributed by atoms with E-state index in [0.717, 1.165) is 32.2 Å². The third kappa shape index (κ3) is 6.84. The van der Waals surface area contributed by atoms with Crippen LogP contribution in [-0.2, 0) is 10.0 Å². The molecule has 0 unspecified atom stereocenters. The van der Waals surface area contributed by atoms with E-state index in [0.29, 0.717) is 47.6 Å². The van der Waals surface area contributed by atoms with Crippen LogP contribution < -0.4 is 20.5 Å². The lowest BCUT2D eigenvalue weighted by atomic mass is 9.96. The number of sulfonamides is 1. The first kappa shape index (κ1) is 21.7. The molecule has 0 aliphatic carbocycles. The van der Waals surface area contributed by atoms with Crippen molar-refractivity contribution in [3.05, 3.63) is 22.7 Å². The summed E-state index contributed by atoms with van der Waals surface area (Å²) < 4.78 is 29.9. The van der Waals surface area contributed by atoms with E-state index in [1.54, 1.807) is 6.07 Å². The minimum atomic E-state index is -3.14. The molecule has 0 bridgehead atoms. The number of piperidine rings is 1. The molecular weight excluding hydrogens is 392 g/mol. The highest BCUT2D eigenvalue weighted by Gasteiger charge is 2.21. The van der Waals surface area contributed by atoms with Gasteiger partial charge in [0, 0.05) is 25.7 Å². The van der Waals surface area contributed by atoms with Crippen LogP contribution in [0.4, 0.5) is 5.69 Å². The Morgan fingerprint density at radius 3 is 2.63 bits per heavy atom. The summed E-state index contributed by atoms with van der Waals surface area (Å²) in [6, 6.07) is 3.06. The molecule has 10 heteroatoms. The number of carbonyl (C=O) groups is 1. The van der Waals surface area contributed by atoms with E-state index in [2.05, 4.69) is 14.9 Å². The summed E-state index contributed by atoms with van der Waals surface area (Å²) in [6.45, 7) is 3.43. The van der Waals surface area contributed by atoms with Crippen LogP contribution in [0.2, 0.25) is 5.02 Å². The Bertz CT molecular complexity index is 764. The Labute approximate surface area is 165 Å². The Hall–Kier alpha value is -1.55. The Morgan fingerprint density at radius 2 is 2.04 bits per heavy atom. The van der Waals surface area contributed by atoms with Gasteiger partial charge >= 0.3 is 0 Å².